The van der Waals surface area contributed by atoms with Gasteiger partial charge in [-0.1, -0.05) is 25.5 Å². The summed E-state index contributed by atoms with van der Waals surface area (Å²) in [5, 5.41) is 4.28. The third-order valence-electron chi connectivity index (χ3n) is 4.61. The monoisotopic (exact) mass is 357 g/mol. The van der Waals surface area contributed by atoms with E-state index >= 15 is 0 Å². The molecule has 1 atom stereocenters. The fourth-order valence-electron chi connectivity index (χ4n) is 3.34. The van der Waals surface area contributed by atoms with Crippen molar-refractivity contribution in [3.63, 3.8) is 0 Å². The first kappa shape index (κ1) is 17.8. The maximum atomic E-state index is 5.72. The molecule has 2 heterocycles. The van der Waals surface area contributed by atoms with Gasteiger partial charge in [-0.3, -0.25) is 0 Å². The summed E-state index contributed by atoms with van der Waals surface area (Å²) in [7, 11) is 0. The number of hydrogen-bond donors (Lipinski definition) is 1. The Morgan fingerprint density at radius 1 is 1.20 bits per heavy atom. The first-order valence-corrected chi connectivity index (χ1v) is 9.57. The van der Waals surface area contributed by atoms with E-state index in [1.807, 2.05) is 19.1 Å². The molecule has 4 nitrogen and oxygen atoms in total. The molecule has 0 bridgehead atoms. The van der Waals surface area contributed by atoms with Crippen LogP contribution in [0.4, 0.5) is 0 Å². The van der Waals surface area contributed by atoms with E-state index in [1.165, 1.54) is 17.7 Å². The van der Waals surface area contributed by atoms with Gasteiger partial charge in [-0.25, -0.2) is 0 Å². The van der Waals surface area contributed by atoms with Gasteiger partial charge >= 0.3 is 0 Å². The molecule has 0 spiro atoms. The molecule has 0 saturated heterocycles. The Labute approximate surface area is 155 Å². The predicted octanol–water partition coefficient (Wildman–Crippen LogP) is 3.97. The van der Waals surface area contributed by atoms with Crippen molar-refractivity contribution >= 4 is 17.3 Å². The Kier molecular flexibility index (Phi) is 5.97. The summed E-state index contributed by atoms with van der Waals surface area (Å²) in [6.45, 7) is 7.69. The summed E-state index contributed by atoms with van der Waals surface area (Å²) >= 11 is 5.72. The molecule has 1 aromatic heterocycles. The van der Waals surface area contributed by atoms with Gasteiger partial charge in [0.05, 0.1) is 12.6 Å². The molecule has 0 amide bonds. The lowest BCUT2D eigenvalue weighted by molar-refractivity contribution is 0.285. The third-order valence-corrected chi connectivity index (χ3v) is 4.99. The zero-order valence-electron chi connectivity index (χ0n) is 15.1. The number of unbranched alkanes of at least 4 members (excludes halogenated alkanes) is 1. The van der Waals surface area contributed by atoms with Gasteiger partial charge in [-0.15, -0.1) is 0 Å². The SMILES string of the molecule is CCCCNC(=S)N1CCn2cccc2C1c1ccc(OCC)cc1. The zero-order valence-corrected chi connectivity index (χ0v) is 15.9. The fraction of sp³-hybridized carbons (Fsp3) is 0.450. The number of nitrogens with one attached hydrogen (secondary N) is 1. The van der Waals surface area contributed by atoms with Crippen molar-refractivity contribution in [1.82, 2.24) is 14.8 Å². The van der Waals surface area contributed by atoms with Gasteiger partial charge < -0.3 is 19.5 Å². The molecular weight excluding hydrogens is 330 g/mol. The van der Waals surface area contributed by atoms with Gasteiger partial charge in [0.15, 0.2) is 5.11 Å². The van der Waals surface area contributed by atoms with E-state index in [0.717, 1.165) is 36.9 Å². The van der Waals surface area contributed by atoms with E-state index in [4.69, 9.17) is 17.0 Å². The van der Waals surface area contributed by atoms with Crippen molar-refractivity contribution in [2.75, 3.05) is 19.7 Å². The Bertz CT molecular complexity index is 695. The van der Waals surface area contributed by atoms with Gasteiger partial charge in [0, 0.05) is 31.5 Å². The summed E-state index contributed by atoms with van der Waals surface area (Å²) in [6.07, 6.45) is 4.46. The van der Waals surface area contributed by atoms with Crippen LogP contribution in [-0.2, 0) is 6.54 Å². The molecule has 0 radical (unpaired) electrons. The Hall–Kier alpha value is -2.01. The maximum absolute atomic E-state index is 5.72. The second kappa shape index (κ2) is 8.39. The zero-order chi connectivity index (χ0) is 17.6. The van der Waals surface area contributed by atoms with Gasteiger partial charge in [-0.2, -0.15) is 0 Å². The van der Waals surface area contributed by atoms with E-state index in [-0.39, 0.29) is 6.04 Å². The maximum Gasteiger partial charge on any atom is 0.169 e. The molecule has 1 aliphatic heterocycles. The topological polar surface area (TPSA) is 29.4 Å². The predicted molar refractivity (Wildman–Crippen MR) is 106 cm³/mol. The number of thiocarbonyl (C=S) groups is 1. The summed E-state index contributed by atoms with van der Waals surface area (Å²) < 4.78 is 7.91. The molecule has 1 aromatic carbocycles. The van der Waals surface area contributed by atoms with E-state index in [0.29, 0.717) is 6.61 Å². The highest BCUT2D eigenvalue weighted by molar-refractivity contribution is 7.80. The molecule has 1 aliphatic rings. The van der Waals surface area contributed by atoms with Crippen LogP contribution in [0.1, 0.15) is 44.0 Å². The van der Waals surface area contributed by atoms with Crippen molar-refractivity contribution < 1.29 is 4.74 Å². The highest BCUT2D eigenvalue weighted by Gasteiger charge is 2.30. The average molecular weight is 358 g/mol. The van der Waals surface area contributed by atoms with Crippen LogP contribution >= 0.6 is 12.2 Å². The minimum Gasteiger partial charge on any atom is -0.494 e. The average Bonchev–Trinajstić information content (AvgIpc) is 3.11. The number of ether oxygens (including phenoxy) is 1. The van der Waals surface area contributed by atoms with Crippen molar-refractivity contribution in [3.8, 4) is 5.75 Å². The van der Waals surface area contributed by atoms with Crippen molar-refractivity contribution in [2.24, 2.45) is 0 Å². The van der Waals surface area contributed by atoms with Crippen molar-refractivity contribution in [3.05, 3.63) is 53.9 Å². The summed E-state index contributed by atoms with van der Waals surface area (Å²) in [5.41, 5.74) is 2.53. The highest BCUT2D eigenvalue weighted by atomic mass is 32.1. The summed E-state index contributed by atoms with van der Waals surface area (Å²) in [4.78, 5) is 2.32. The highest BCUT2D eigenvalue weighted by Crippen LogP contribution is 2.33. The van der Waals surface area contributed by atoms with Crippen LogP contribution in [0, 0.1) is 0 Å². The first-order valence-electron chi connectivity index (χ1n) is 9.16. The quantitative estimate of drug-likeness (QED) is 0.626. The number of rotatable bonds is 6. The number of aromatic nitrogens is 1. The molecule has 0 fully saturated rings. The lowest BCUT2D eigenvalue weighted by Crippen LogP contribution is -2.47. The van der Waals surface area contributed by atoms with E-state index < -0.39 is 0 Å². The van der Waals surface area contributed by atoms with E-state index in [9.17, 15) is 0 Å². The number of fused-ring (bicyclic) bond motifs is 1. The van der Waals surface area contributed by atoms with E-state index in [2.05, 4.69) is 52.2 Å². The van der Waals surface area contributed by atoms with Crippen LogP contribution in [0.15, 0.2) is 42.6 Å². The van der Waals surface area contributed by atoms with Gasteiger partial charge in [-0.05, 0) is 55.4 Å². The van der Waals surface area contributed by atoms with Crippen LogP contribution in [0.25, 0.3) is 0 Å². The third kappa shape index (κ3) is 3.98. The minimum atomic E-state index is 0.140. The second-order valence-electron chi connectivity index (χ2n) is 6.31. The van der Waals surface area contributed by atoms with E-state index in [1.54, 1.807) is 0 Å². The first-order chi connectivity index (χ1) is 12.2. The lowest BCUT2D eigenvalue weighted by atomic mass is 10.00. The van der Waals surface area contributed by atoms with Crippen LogP contribution in [-0.4, -0.2) is 34.3 Å². The Morgan fingerprint density at radius 2 is 2.00 bits per heavy atom. The molecular formula is C20H27N3OS. The Morgan fingerprint density at radius 3 is 2.72 bits per heavy atom. The molecule has 3 rings (SSSR count). The van der Waals surface area contributed by atoms with Gasteiger partial charge in [0.25, 0.3) is 0 Å². The van der Waals surface area contributed by atoms with Crippen molar-refractivity contribution in [1.29, 1.82) is 0 Å². The smallest absolute Gasteiger partial charge is 0.169 e. The number of benzene rings is 1. The second-order valence-corrected chi connectivity index (χ2v) is 6.70. The molecule has 2 aromatic rings. The molecule has 5 heteroatoms. The lowest BCUT2D eigenvalue weighted by Gasteiger charge is -2.39. The van der Waals surface area contributed by atoms with Crippen LogP contribution in [0.2, 0.25) is 0 Å². The minimum absolute atomic E-state index is 0.140. The molecule has 0 saturated carbocycles. The van der Waals surface area contributed by atoms with Gasteiger partial charge in [0.1, 0.15) is 5.75 Å². The summed E-state index contributed by atoms with van der Waals surface area (Å²) in [6, 6.07) is 12.9. The molecule has 0 aliphatic carbocycles. The number of nitrogens with zero attached hydrogens (tertiary/aromatic N) is 2. The van der Waals surface area contributed by atoms with Gasteiger partial charge in [0.2, 0.25) is 0 Å². The van der Waals surface area contributed by atoms with Crippen molar-refractivity contribution in [2.45, 2.75) is 39.3 Å². The molecule has 1 unspecified atom stereocenters. The van der Waals surface area contributed by atoms with Crippen LogP contribution < -0.4 is 10.1 Å². The van der Waals surface area contributed by atoms with Crippen LogP contribution in [0.3, 0.4) is 0 Å². The molecule has 1 N–H and O–H groups in total. The summed E-state index contributed by atoms with van der Waals surface area (Å²) in [5.74, 6) is 0.910. The standard InChI is InChI=1S/C20H27N3OS/c1-3-5-12-21-20(25)23-15-14-22-13-6-7-18(22)19(23)16-8-10-17(11-9-16)24-4-2/h6-11,13,19H,3-5,12,14-15H2,1-2H3,(H,21,25). The largest absolute Gasteiger partial charge is 0.494 e. The fourth-order valence-corrected chi connectivity index (χ4v) is 3.64. The number of hydrogen-bond acceptors (Lipinski definition) is 2. The molecule has 134 valence electrons. The Balaban J connectivity index is 1.86. The normalized spacial score (nSPS) is 16.4. The molecule has 25 heavy (non-hydrogen) atoms. The van der Waals surface area contributed by atoms with Crippen LogP contribution in [0.5, 0.6) is 5.75 Å².